The first-order valence-electron chi connectivity index (χ1n) is 6.98. The number of carbonyl (C=O) groups excluding carboxylic acids is 1. The van der Waals surface area contributed by atoms with Crippen LogP contribution in [-0.4, -0.2) is 16.8 Å². The Labute approximate surface area is 128 Å². The smallest absolute Gasteiger partial charge is 0.315 e. The number of amides is 2. The number of aromatic nitrogens is 1. The molecule has 0 saturated heterocycles. The zero-order chi connectivity index (χ0) is 14.5. The summed E-state index contributed by atoms with van der Waals surface area (Å²) in [5, 5.41) is 5.94. The van der Waals surface area contributed by atoms with Gasteiger partial charge in [-0.15, -0.1) is 11.8 Å². The van der Waals surface area contributed by atoms with Gasteiger partial charge in [-0.05, 0) is 29.7 Å². The monoisotopic (exact) mass is 299 g/mol. The molecule has 2 heterocycles. The van der Waals surface area contributed by atoms with E-state index in [1.54, 1.807) is 12.4 Å². The van der Waals surface area contributed by atoms with Gasteiger partial charge in [0.2, 0.25) is 0 Å². The van der Waals surface area contributed by atoms with Crippen LogP contribution in [0.5, 0.6) is 0 Å². The van der Waals surface area contributed by atoms with Gasteiger partial charge in [-0.2, -0.15) is 0 Å². The normalized spacial score (nSPS) is 16.9. The predicted molar refractivity (Wildman–Crippen MR) is 84.1 cm³/mol. The molecule has 21 heavy (non-hydrogen) atoms. The Bertz CT molecular complexity index is 618. The molecule has 0 aliphatic carbocycles. The summed E-state index contributed by atoms with van der Waals surface area (Å²) >= 11 is 1.85. The number of benzene rings is 1. The second-order valence-corrected chi connectivity index (χ2v) is 6.05. The van der Waals surface area contributed by atoms with Gasteiger partial charge < -0.3 is 10.6 Å². The highest BCUT2D eigenvalue weighted by Crippen LogP contribution is 2.35. The van der Waals surface area contributed by atoms with Gasteiger partial charge in [-0.25, -0.2) is 4.79 Å². The minimum absolute atomic E-state index is 0.0938. The van der Waals surface area contributed by atoms with E-state index < -0.39 is 0 Å². The van der Waals surface area contributed by atoms with Crippen molar-refractivity contribution in [3.05, 3.63) is 59.9 Å². The molecule has 1 aliphatic rings. The fourth-order valence-electron chi connectivity index (χ4n) is 2.39. The molecule has 2 amide bonds. The molecule has 1 aliphatic heterocycles. The summed E-state index contributed by atoms with van der Waals surface area (Å²) < 4.78 is 0. The van der Waals surface area contributed by atoms with Crippen LogP contribution in [0.25, 0.3) is 0 Å². The Kier molecular flexibility index (Phi) is 4.40. The summed E-state index contributed by atoms with van der Waals surface area (Å²) in [5.74, 6) is 1.03. The standard InChI is InChI=1S/C16H17N3OS/c20-16(18-11-12-4-3-8-17-10-12)19-14-7-9-21-15-6-2-1-5-13(14)15/h1-6,8,10,14H,7,9,11H2,(H2,18,19,20). The third-order valence-electron chi connectivity index (χ3n) is 3.44. The van der Waals surface area contributed by atoms with E-state index in [0.717, 1.165) is 17.7 Å². The molecule has 0 fully saturated rings. The Hall–Kier alpha value is -2.01. The number of carbonyl (C=O) groups is 1. The molecule has 0 bridgehead atoms. The SMILES string of the molecule is O=C(NCc1cccnc1)NC1CCSc2ccccc21. The Morgan fingerprint density at radius 1 is 1.29 bits per heavy atom. The van der Waals surface area contributed by atoms with Crippen LogP contribution in [0, 0.1) is 0 Å². The number of rotatable bonds is 3. The molecule has 108 valence electrons. The molecule has 0 saturated carbocycles. The fraction of sp³-hybridized carbons (Fsp3) is 0.250. The van der Waals surface area contributed by atoms with Crippen LogP contribution >= 0.6 is 11.8 Å². The quantitative estimate of drug-likeness (QED) is 0.915. The zero-order valence-corrected chi connectivity index (χ0v) is 12.4. The van der Waals surface area contributed by atoms with E-state index in [1.165, 1.54) is 10.5 Å². The first-order valence-corrected chi connectivity index (χ1v) is 7.96. The average molecular weight is 299 g/mol. The number of pyridine rings is 1. The number of nitrogens with zero attached hydrogens (tertiary/aromatic N) is 1. The van der Waals surface area contributed by atoms with Gasteiger partial charge in [-0.3, -0.25) is 4.98 Å². The minimum atomic E-state index is -0.134. The van der Waals surface area contributed by atoms with Crippen LogP contribution in [0.2, 0.25) is 0 Å². The van der Waals surface area contributed by atoms with Crippen molar-refractivity contribution < 1.29 is 4.79 Å². The van der Waals surface area contributed by atoms with Crippen molar-refractivity contribution in [2.45, 2.75) is 23.9 Å². The molecule has 5 heteroatoms. The van der Waals surface area contributed by atoms with Gasteiger partial charge in [0.1, 0.15) is 0 Å². The molecule has 0 radical (unpaired) electrons. The van der Waals surface area contributed by atoms with E-state index in [0.29, 0.717) is 6.54 Å². The Balaban J connectivity index is 1.58. The lowest BCUT2D eigenvalue weighted by Gasteiger charge is -2.25. The van der Waals surface area contributed by atoms with E-state index in [9.17, 15) is 4.79 Å². The van der Waals surface area contributed by atoms with Crippen LogP contribution in [0.1, 0.15) is 23.6 Å². The molecule has 4 nitrogen and oxygen atoms in total. The number of nitrogens with one attached hydrogen (secondary N) is 2. The first kappa shape index (κ1) is 13.9. The van der Waals surface area contributed by atoms with E-state index in [-0.39, 0.29) is 12.1 Å². The van der Waals surface area contributed by atoms with Crippen molar-refractivity contribution in [2.24, 2.45) is 0 Å². The van der Waals surface area contributed by atoms with Crippen molar-refractivity contribution in [3.63, 3.8) is 0 Å². The van der Waals surface area contributed by atoms with Crippen molar-refractivity contribution in [1.82, 2.24) is 15.6 Å². The maximum absolute atomic E-state index is 12.0. The van der Waals surface area contributed by atoms with Crippen LogP contribution in [0.3, 0.4) is 0 Å². The van der Waals surface area contributed by atoms with Crippen molar-refractivity contribution >= 4 is 17.8 Å². The maximum Gasteiger partial charge on any atom is 0.315 e. The largest absolute Gasteiger partial charge is 0.334 e. The van der Waals surface area contributed by atoms with Gasteiger partial charge in [0, 0.05) is 29.6 Å². The third kappa shape index (κ3) is 3.55. The van der Waals surface area contributed by atoms with Crippen molar-refractivity contribution in [2.75, 3.05) is 5.75 Å². The number of hydrogen-bond acceptors (Lipinski definition) is 3. The lowest BCUT2D eigenvalue weighted by molar-refractivity contribution is 0.236. The number of hydrogen-bond donors (Lipinski definition) is 2. The topological polar surface area (TPSA) is 54.0 Å². The predicted octanol–water partition coefficient (Wildman–Crippen LogP) is 3.12. The lowest BCUT2D eigenvalue weighted by Crippen LogP contribution is -2.38. The highest BCUT2D eigenvalue weighted by atomic mass is 32.2. The average Bonchev–Trinajstić information content (AvgIpc) is 2.54. The van der Waals surface area contributed by atoms with Gasteiger partial charge in [0.15, 0.2) is 0 Å². The summed E-state index contributed by atoms with van der Waals surface area (Å²) in [6, 6.07) is 12.0. The molecule has 1 aromatic heterocycles. The molecule has 2 N–H and O–H groups in total. The van der Waals surface area contributed by atoms with E-state index in [1.807, 2.05) is 36.0 Å². The summed E-state index contributed by atoms with van der Waals surface area (Å²) in [5.41, 5.74) is 2.21. The van der Waals surface area contributed by atoms with E-state index >= 15 is 0 Å². The Morgan fingerprint density at radius 3 is 3.05 bits per heavy atom. The summed E-state index contributed by atoms with van der Waals surface area (Å²) in [7, 11) is 0. The molecular weight excluding hydrogens is 282 g/mol. The summed E-state index contributed by atoms with van der Waals surface area (Å²) in [6.07, 6.45) is 4.44. The second kappa shape index (κ2) is 6.63. The van der Waals surface area contributed by atoms with E-state index in [4.69, 9.17) is 0 Å². The molecule has 2 aromatic rings. The van der Waals surface area contributed by atoms with Gasteiger partial charge in [0.25, 0.3) is 0 Å². The highest BCUT2D eigenvalue weighted by Gasteiger charge is 2.21. The fourth-order valence-corrected chi connectivity index (χ4v) is 3.51. The second-order valence-electron chi connectivity index (χ2n) is 4.92. The summed E-state index contributed by atoms with van der Waals surface area (Å²) in [4.78, 5) is 17.3. The van der Waals surface area contributed by atoms with Crippen LogP contribution in [0.15, 0.2) is 53.7 Å². The number of fused-ring (bicyclic) bond motifs is 1. The molecule has 0 spiro atoms. The number of urea groups is 1. The van der Waals surface area contributed by atoms with Crippen LogP contribution in [0.4, 0.5) is 4.79 Å². The molecule has 3 rings (SSSR count). The Morgan fingerprint density at radius 2 is 2.19 bits per heavy atom. The lowest BCUT2D eigenvalue weighted by atomic mass is 10.0. The van der Waals surface area contributed by atoms with Gasteiger partial charge in [-0.1, -0.05) is 24.3 Å². The van der Waals surface area contributed by atoms with Crippen molar-refractivity contribution in [3.8, 4) is 0 Å². The third-order valence-corrected chi connectivity index (χ3v) is 4.56. The van der Waals surface area contributed by atoms with Crippen LogP contribution in [-0.2, 0) is 6.54 Å². The molecular formula is C16H17N3OS. The zero-order valence-electron chi connectivity index (χ0n) is 11.6. The minimum Gasteiger partial charge on any atom is -0.334 e. The maximum atomic E-state index is 12.0. The first-order chi connectivity index (χ1) is 10.3. The van der Waals surface area contributed by atoms with E-state index in [2.05, 4.69) is 27.8 Å². The highest BCUT2D eigenvalue weighted by molar-refractivity contribution is 7.99. The number of thioether (sulfide) groups is 1. The van der Waals surface area contributed by atoms with Crippen LogP contribution < -0.4 is 10.6 Å². The van der Waals surface area contributed by atoms with Crippen molar-refractivity contribution in [1.29, 1.82) is 0 Å². The van der Waals surface area contributed by atoms with Gasteiger partial charge >= 0.3 is 6.03 Å². The summed E-state index contributed by atoms with van der Waals surface area (Å²) in [6.45, 7) is 0.489. The molecule has 1 atom stereocenters. The van der Waals surface area contributed by atoms with Gasteiger partial charge in [0.05, 0.1) is 6.04 Å². The molecule has 1 aromatic carbocycles. The molecule has 1 unspecified atom stereocenters.